The van der Waals surface area contributed by atoms with Crippen LogP contribution in [0.1, 0.15) is 21.6 Å². The molecule has 4 nitrogen and oxygen atoms in total. The molecule has 0 N–H and O–H groups in total. The van der Waals surface area contributed by atoms with E-state index in [2.05, 4.69) is 4.98 Å². The van der Waals surface area contributed by atoms with Crippen LogP contribution < -0.4 is 0 Å². The number of carbonyl (C=O) groups is 1. The highest BCUT2D eigenvalue weighted by Crippen LogP contribution is 2.26. The van der Waals surface area contributed by atoms with Crippen molar-refractivity contribution in [1.82, 2.24) is 9.38 Å². The minimum absolute atomic E-state index is 0.311. The topological polar surface area (TPSA) is 43.6 Å². The van der Waals surface area contributed by atoms with E-state index in [1.54, 1.807) is 17.8 Å². The molecular weight excluding hydrogens is 296 g/mol. The molecule has 5 heteroatoms. The number of rotatable bonds is 4. The van der Waals surface area contributed by atoms with Gasteiger partial charge in [-0.2, -0.15) is 0 Å². The number of carbonyl (C=O) groups excluding carboxylic acids is 1. The van der Waals surface area contributed by atoms with Crippen LogP contribution in [0.15, 0.2) is 53.7 Å². The summed E-state index contributed by atoms with van der Waals surface area (Å²) in [5.74, 6) is 0.392. The van der Waals surface area contributed by atoms with Crippen molar-refractivity contribution in [3.05, 3.63) is 65.6 Å². The molecule has 2 heterocycles. The van der Waals surface area contributed by atoms with Crippen molar-refractivity contribution in [3.8, 4) is 0 Å². The Labute approximate surface area is 133 Å². The van der Waals surface area contributed by atoms with E-state index < -0.39 is 0 Å². The van der Waals surface area contributed by atoms with Crippen LogP contribution in [-0.2, 0) is 10.5 Å². The second-order valence-electron chi connectivity index (χ2n) is 4.93. The van der Waals surface area contributed by atoms with Gasteiger partial charge in [0.25, 0.3) is 0 Å². The number of methoxy groups -OCH3 is 1. The molecule has 3 rings (SSSR count). The molecule has 0 atom stereocenters. The fourth-order valence-corrected chi connectivity index (χ4v) is 3.22. The Bertz CT molecular complexity index is 826. The number of esters is 1. The van der Waals surface area contributed by atoms with E-state index >= 15 is 0 Å². The van der Waals surface area contributed by atoms with Crippen LogP contribution in [0.3, 0.4) is 0 Å². The van der Waals surface area contributed by atoms with Crippen LogP contribution >= 0.6 is 11.8 Å². The van der Waals surface area contributed by atoms with Gasteiger partial charge in [0.1, 0.15) is 5.65 Å². The van der Waals surface area contributed by atoms with Gasteiger partial charge in [-0.05, 0) is 30.7 Å². The highest BCUT2D eigenvalue weighted by molar-refractivity contribution is 7.98. The van der Waals surface area contributed by atoms with Gasteiger partial charge >= 0.3 is 5.97 Å². The summed E-state index contributed by atoms with van der Waals surface area (Å²) in [6.07, 6.45) is 4.02. The number of hydrogen-bond donors (Lipinski definition) is 0. The summed E-state index contributed by atoms with van der Waals surface area (Å²) in [5, 5.41) is 0. The maximum absolute atomic E-state index is 11.8. The van der Waals surface area contributed by atoms with Gasteiger partial charge in [-0.1, -0.05) is 18.2 Å². The lowest BCUT2D eigenvalue weighted by molar-refractivity contribution is 0.0597. The lowest BCUT2D eigenvalue weighted by atomic mass is 10.2. The molecule has 0 saturated carbocycles. The Morgan fingerprint density at radius 2 is 2.09 bits per heavy atom. The van der Waals surface area contributed by atoms with Crippen LogP contribution in [0.4, 0.5) is 0 Å². The summed E-state index contributed by atoms with van der Waals surface area (Å²) in [4.78, 5) is 17.3. The molecule has 0 saturated heterocycles. The summed E-state index contributed by atoms with van der Waals surface area (Å²) in [6, 6.07) is 11.5. The SMILES string of the molecule is COC(=O)c1ccccc1SCc1cn2cccc(C)c2n1. The average molecular weight is 312 g/mol. The van der Waals surface area contributed by atoms with Gasteiger partial charge in [0.15, 0.2) is 0 Å². The van der Waals surface area contributed by atoms with Crippen molar-refractivity contribution >= 4 is 23.4 Å². The zero-order valence-electron chi connectivity index (χ0n) is 12.4. The number of imidazole rings is 1. The Balaban J connectivity index is 1.82. The quantitative estimate of drug-likeness (QED) is 0.544. The molecular formula is C17H16N2O2S. The monoisotopic (exact) mass is 312 g/mol. The molecule has 0 unspecified atom stereocenters. The summed E-state index contributed by atoms with van der Waals surface area (Å²) < 4.78 is 6.85. The molecule has 1 aromatic carbocycles. The van der Waals surface area contributed by atoms with Crippen molar-refractivity contribution in [2.24, 2.45) is 0 Å². The molecule has 0 spiro atoms. The third-order valence-electron chi connectivity index (χ3n) is 3.40. The van der Waals surface area contributed by atoms with Crippen molar-refractivity contribution in [2.45, 2.75) is 17.6 Å². The summed E-state index contributed by atoms with van der Waals surface area (Å²) in [7, 11) is 1.40. The van der Waals surface area contributed by atoms with Gasteiger partial charge in [-0.25, -0.2) is 9.78 Å². The Morgan fingerprint density at radius 1 is 1.27 bits per heavy atom. The minimum Gasteiger partial charge on any atom is -0.465 e. The van der Waals surface area contributed by atoms with Crippen molar-refractivity contribution in [1.29, 1.82) is 0 Å². The van der Waals surface area contributed by atoms with E-state index in [1.807, 2.05) is 54.0 Å². The van der Waals surface area contributed by atoms with E-state index in [1.165, 1.54) is 7.11 Å². The predicted molar refractivity (Wildman–Crippen MR) is 87.3 cm³/mol. The number of aromatic nitrogens is 2. The largest absolute Gasteiger partial charge is 0.465 e. The van der Waals surface area contributed by atoms with E-state index in [9.17, 15) is 4.79 Å². The zero-order valence-corrected chi connectivity index (χ0v) is 13.3. The van der Waals surface area contributed by atoms with Gasteiger partial charge in [0.05, 0.1) is 18.4 Å². The number of hydrogen-bond acceptors (Lipinski definition) is 4. The molecule has 112 valence electrons. The smallest absolute Gasteiger partial charge is 0.338 e. The van der Waals surface area contributed by atoms with Crippen molar-refractivity contribution in [3.63, 3.8) is 0 Å². The standard InChI is InChI=1S/C17H16N2O2S/c1-12-6-5-9-19-10-13(18-16(12)19)11-22-15-8-4-3-7-14(15)17(20)21-2/h3-10H,11H2,1-2H3. The number of ether oxygens (including phenoxy) is 1. The fraction of sp³-hybridized carbons (Fsp3) is 0.176. The minimum atomic E-state index is -0.311. The number of benzene rings is 1. The molecule has 3 aromatic rings. The lowest BCUT2D eigenvalue weighted by Crippen LogP contribution is -2.02. The third-order valence-corrected chi connectivity index (χ3v) is 4.50. The Kier molecular flexibility index (Phi) is 4.15. The van der Waals surface area contributed by atoms with E-state index in [0.29, 0.717) is 11.3 Å². The van der Waals surface area contributed by atoms with Crippen LogP contribution in [-0.4, -0.2) is 22.5 Å². The molecule has 0 fully saturated rings. The normalized spacial score (nSPS) is 10.8. The maximum atomic E-state index is 11.8. The number of pyridine rings is 1. The van der Waals surface area contributed by atoms with Crippen molar-refractivity contribution in [2.75, 3.05) is 7.11 Å². The zero-order chi connectivity index (χ0) is 15.5. The molecule has 0 bridgehead atoms. The summed E-state index contributed by atoms with van der Waals surface area (Å²) in [6.45, 7) is 2.05. The second kappa shape index (κ2) is 6.23. The van der Waals surface area contributed by atoms with Crippen LogP contribution in [0.25, 0.3) is 5.65 Å². The van der Waals surface area contributed by atoms with Gasteiger partial charge in [0.2, 0.25) is 0 Å². The molecule has 0 aliphatic rings. The fourth-order valence-electron chi connectivity index (χ4n) is 2.30. The number of aryl methyl sites for hydroxylation is 1. The van der Waals surface area contributed by atoms with E-state index in [0.717, 1.165) is 21.8 Å². The first-order chi connectivity index (χ1) is 10.7. The molecule has 2 aromatic heterocycles. The van der Waals surface area contributed by atoms with Gasteiger partial charge in [-0.15, -0.1) is 11.8 Å². The van der Waals surface area contributed by atoms with E-state index in [4.69, 9.17) is 4.74 Å². The number of thioether (sulfide) groups is 1. The maximum Gasteiger partial charge on any atom is 0.338 e. The molecule has 22 heavy (non-hydrogen) atoms. The van der Waals surface area contributed by atoms with Gasteiger partial charge in [0, 0.05) is 23.0 Å². The lowest BCUT2D eigenvalue weighted by Gasteiger charge is -2.06. The Morgan fingerprint density at radius 3 is 2.86 bits per heavy atom. The number of nitrogens with zero attached hydrogens (tertiary/aromatic N) is 2. The van der Waals surface area contributed by atoms with Crippen molar-refractivity contribution < 1.29 is 9.53 Å². The molecule has 0 aliphatic carbocycles. The number of fused-ring (bicyclic) bond motifs is 1. The Hall–Kier alpha value is -2.27. The second-order valence-corrected chi connectivity index (χ2v) is 5.95. The highest BCUT2D eigenvalue weighted by atomic mass is 32.2. The van der Waals surface area contributed by atoms with E-state index in [-0.39, 0.29) is 5.97 Å². The highest BCUT2D eigenvalue weighted by Gasteiger charge is 2.12. The average Bonchev–Trinajstić information content (AvgIpc) is 2.97. The first kappa shape index (κ1) is 14.7. The predicted octanol–water partition coefficient (Wildman–Crippen LogP) is 3.72. The summed E-state index contributed by atoms with van der Waals surface area (Å²) in [5.41, 5.74) is 3.70. The van der Waals surface area contributed by atoms with Crippen LogP contribution in [0.2, 0.25) is 0 Å². The van der Waals surface area contributed by atoms with Crippen LogP contribution in [0.5, 0.6) is 0 Å². The molecule has 0 amide bonds. The van der Waals surface area contributed by atoms with Crippen LogP contribution in [0, 0.1) is 6.92 Å². The summed E-state index contributed by atoms with van der Waals surface area (Å²) >= 11 is 1.59. The van der Waals surface area contributed by atoms with Gasteiger partial charge in [-0.3, -0.25) is 0 Å². The first-order valence-corrected chi connectivity index (χ1v) is 7.91. The third kappa shape index (κ3) is 2.85. The molecule has 0 radical (unpaired) electrons. The first-order valence-electron chi connectivity index (χ1n) is 6.92. The molecule has 0 aliphatic heterocycles. The van der Waals surface area contributed by atoms with Gasteiger partial charge < -0.3 is 9.14 Å².